The molecule has 0 N–H and O–H groups in total. The summed E-state index contributed by atoms with van der Waals surface area (Å²) in [5, 5.41) is 0. The molecule has 2 atom stereocenters. The molecule has 1 heterocycles. The third kappa shape index (κ3) is 3.49. The number of imide groups is 1. The molecule has 0 bridgehead atoms. The van der Waals surface area contributed by atoms with Crippen LogP contribution in [0.25, 0.3) is 0 Å². The van der Waals surface area contributed by atoms with Gasteiger partial charge in [0.1, 0.15) is 6.61 Å². The lowest BCUT2D eigenvalue weighted by molar-refractivity contribution is -0.134. The maximum atomic E-state index is 12.7. The standard InChI is InChI=1S/C18H25NO3/c1-5-16(12(2)3)17(20)19-15(11-22-18(19)21)10-14-8-6-7-13(4)9-14/h6-9,12,15-16H,5,10-11H2,1-4H3/t15-,16-/m0/s1. The molecular weight excluding hydrogens is 278 g/mol. The minimum Gasteiger partial charge on any atom is -0.447 e. The molecule has 0 aliphatic carbocycles. The van der Waals surface area contributed by atoms with Gasteiger partial charge in [-0.15, -0.1) is 0 Å². The van der Waals surface area contributed by atoms with Crippen molar-refractivity contribution in [1.29, 1.82) is 0 Å². The molecule has 4 heteroatoms. The Bertz CT molecular complexity index is 553. The molecule has 1 fully saturated rings. The molecule has 0 spiro atoms. The summed E-state index contributed by atoms with van der Waals surface area (Å²) in [5.74, 6) is -0.0196. The van der Waals surface area contributed by atoms with Gasteiger partial charge in [-0.1, -0.05) is 50.6 Å². The van der Waals surface area contributed by atoms with E-state index in [1.165, 1.54) is 10.5 Å². The van der Waals surface area contributed by atoms with Gasteiger partial charge in [0.25, 0.3) is 0 Å². The molecule has 4 nitrogen and oxygen atoms in total. The van der Waals surface area contributed by atoms with E-state index in [-0.39, 0.29) is 30.4 Å². The summed E-state index contributed by atoms with van der Waals surface area (Å²) < 4.78 is 5.14. The average molecular weight is 303 g/mol. The van der Waals surface area contributed by atoms with Crippen LogP contribution in [-0.2, 0) is 16.0 Å². The Labute approximate surface area is 132 Å². The summed E-state index contributed by atoms with van der Waals surface area (Å²) in [4.78, 5) is 26.1. The average Bonchev–Trinajstić information content (AvgIpc) is 2.80. The summed E-state index contributed by atoms with van der Waals surface area (Å²) in [6.07, 6.45) is 0.882. The number of cyclic esters (lactones) is 1. The summed E-state index contributed by atoms with van der Waals surface area (Å²) >= 11 is 0. The molecule has 0 unspecified atom stereocenters. The molecule has 0 saturated carbocycles. The molecule has 120 valence electrons. The number of rotatable bonds is 5. The second-order valence-electron chi connectivity index (χ2n) is 6.39. The summed E-state index contributed by atoms with van der Waals surface area (Å²) in [6, 6.07) is 7.95. The van der Waals surface area contributed by atoms with Gasteiger partial charge in [-0.25, -0.2) is 9.69 Å². The number of carbonyl (C=O) groups is 2. The van der Waals surface area contributed by atoms with Gasteiger partial charge < -0.3 is 4.74 Å². The molecule has 0 aromatic heterocycles. The fourth-order valence-corrected chi connectivity index (χ4v) is 3.10. The highest BCUT2D eigenvalue weighted by Gasteiger charge is 2.40. The van der Waals surface area contributed by atoms with Crippen molar-refractivity contribution in [3.05, 3.63) is 35.4 Å². The number of benzene rings is 1. The van der Waals surface area contributed by atoms with Crippen LogP contribution in [0.3, 0.4) is 0 Å². The Kier molecular flexibility index (Phi) is 5.22. The van der Waals surface area contributed by atoms with Gasteiger partial charge in [-0.05, 0) is 31.2 Å². The van der Waals surface area contributed by atoms with Crippen molar-refractivity contribution < 1.29 is 14.3 Å². The molecule has 22 heavy (non-hydrogen) atoms. The highest BCUT2D eigenvalue weighted by atomic mass is 16.6. The first-order chi connectivity index (χ1) is 10.4. The Morgan fingerprint density at radius 2 is 2.14 bits per heavy atom. The Morgan fingerprint density at radius 1 is 1.41 bits per heavy atom. The number of ether oxygens (including phenoxy) is 1. The van der Waals surface area contributed by atoms with Crippen molar-refractivity contribution in [3.63, 3.8) is 0 Å². The van der Waals surface area contributed by atoms with Crippen molar-refractivity contribution in [3.8, 4) is 0 Å². The van der Waals surface area contributed by atoms with Crippen LogP contribution in [-0.4, -0.2) is 29.5 Å². The quantitative estimate of drug-likeness (QED) is 0.835. The SMILES string of the molecule is CC[C@H](C(=O)N1C(=O)OC[C@@H]1Cc1cccc(C)c1)C(C)C. The van der Waals surface area contributed by atoms with Gasteiger partial charge in [0.05, 0.1) is 6.04 Å². The molecule has 1 aliphatic rings. The first-order valence-corrected chi connectivity index (χ1v) is 7.99. The first-order valence-electron chi connectivity index (χ1n) is 7.99. The number of carbonyl (C=O) groups excluding carboxylic acids is 2. The largest absolute Gasteiger partial charge is 0.447 e. The lowest BCUT2D eigenvalue weighted by Gasteiger charge is -2.26. The number of hydrogen-bond acceptors (Lipinski definition) is 3. The van der Waals surface area contributed by atoms with E-state index >= 15 is 0 Å². The summed E-state index contributed by atoms with van der Waals surface area (Å²) in [7, 11) is 0. The van der Waals surface area contributed by atoms with Crippen molar-refractivity contribution in [1.82, 2.24) is 4.90 Å². The van der Waals surface area contributed by atoms with E-state index in [2.05, 4.69) is 6.07 Å². The number of aryl methyl sites for hydroxylation is 1. The molecule has 2 rings (SSSR count). The topological polar surface area (TPSA) is 46.6 Å². The van der Waals surface area contributed by atoms with Crippen LogP contribution in [0.4, 0.5) is 4.79 Å². The minimum absolute atomic E-state index is 0.0994. The minimum atomic E-state index is -0.498. The van der Waals surface area contributed by atoms with Crippen LogP contribution >= 0.6 is 0 Å². The normalized spacial score (nSPS) is 19.4. The van der Waals surface area contributed by atoms with Crippen molar-refractivity contribution in [2.24, 2.45) is 11.8 Å². The molecular formula is C18H25NO3. The molecule has 1 saturated heterocycles. The van der Waals surface area contributed by atoms with Gasteiger partial charge in [0.15, 0.2) is 0 Å². The molecule has 1 aromatic rings. The van der Waals surface area contributed by atoms with Gasteiger partial charge in [-0.2, -0.15) is 0 Å². The highest BCUT2D eigenvalue weighted by Crippen LogP contribution is 2.25. The Morgan fingerprint density at radius 3 is 2.73 bits per heavy atom. The van der Waals surface area contributed by atoms with Crippen molar-refractivity contribution >= 4 is 12.0 Å². The van der Waals surface area contributed by atoms with Gasteiger partial charge in [0.2, 0.25) is 5.91 Å². The zero-order valence-electron chi connectivity index (χ0n) is 13.8. The van der Waals surface area contributed by atoms with E-state index < -0.39 is 6.09 Å². The number of hydrogen-bond donors (Lipinski definition) is 0. The van der Waals surface area contributed by atoms with Crippen molar-refractivity contribution in [2.75, 3.05) is 6.61 Å². The van der Waals surface area contributed by atoms with Crippen LogP contribution in [0, 0.1) is 18.8 Å². The Balaban J connectivity index is 2.17. The van der Waals surface area contributed by atoms with E-state index in [0.29, 0.717) is 6.42 Å². The van der Waals surface area contributed by atoms with Crippen LogP contribution in [0.5, 0.6) is 0 Å². The lowest BCUT2D eigenvalue weighted by atomic mass is 9.91. The third-order valence-corrected chi connectivity index (χ3v) is 4.31. The second-order valence-corrected chi connectivity index (χ2v) is 6.39. The maximum absolute atomic E-state index is 12.7. The molecule has 1 aromatic carbocycles. The summed E-state index contributed by atoms with van der Waals surface area (Å²) in [6.45, 7) is 8.34. The second kappa shape index (κ2) is 6.95. The first kappa shape index (κ1) is 16.5. The Hall–Kier alpha value is -1.84. The zero-order chi connectivity index (χ0) is 16.3. The summed E-state index contributed by atoms with van der Waals surface area (Å²) in [5.41, 5.74) is 2.30. The van der Waals surface area contributed by atoms with E-state index in [4.69, 9.17) is 4.74 Å². The molecule has 2 amide bonds. The van der Waals surface area contributed by atoms with E-state index in [9.17, 15) is 9.59 Å². The third-order valence-electron chi connectivity index (χ3n) is 4.31. The van der Waals surface area contributed by atoms with Crippen molar-refractivity contribution in [2.45, 2.75) is 46.6 Å². The predicted molar refractivity (Wildman–Crippen MR) is 85.5 cm³/mol. The molecule has 1 aliphatic heterocycles. The fourth-order valence-electron chi connectivity index (χ4n) is 3.10. The van der Waals surface area contributed by atoms with Gasteiger partial charge >= 0.3 is 6.09 Å². The number of nitrogens with zero attached hydrogens (tertiary/aromatic N) is 1. The van der Waals surface area contributed by atoms with E-state index in [1.807, 2.05) is 45.9 Å². The van der Waals surface area contributed by atoms with E-state index in [0.717, 1.165) is 12.0 Å². The van der Waals surface area contributed by atoms with Crippen LogP contribution in [0.2, 0.25) is 0 Å². The van der Waals surface area contributed by atoms with E-state index in [1.54, 1.807) is 0 Å². The van der Waals surface area contributed by atoms with Crippen LogP contribution in [0.1, 0.15) is 38.3 Å². The lowest BCUT2D eigenvalue weighted by Crippen LogP contribution is -2.44. The van der Waals surface area contributed by atoms with Gasteiger partial charge in [-0.3, -0.25) is 4.79 Å². The molecule has 0 radical (unpaired) electrons. The fraction of sp³-hybridized carbons (Fsp3) is 0.556. The monoisotopic (exact) mass is 303 g/mol. The number of amides is 2. The van der Waals surface area contributed by atoms with Crippen LogP contribution in [0.15, 0.2) is 24.3 Å². The maximum Gasteiger partial charge on any atom is 0.416 e. The zero-order valence-corrected chi connectivity index (χ0v) is 13.8. The smallest absolute Gasteiger partial charge is 0.416 e. The van der Waals surface area contributed by atoms with Crippen LogP contribution < -0.4 is 0 Å². The highest BCUT2D eigenvalue weighted by molar-refractivity contribution is 5.94. The predicted octanol–water partition coefficient (Wildman–Crippen LogP) is 3.57. The van der Waals surface area contributed by atoms with Gasteiger partial charge in [0, 0.05) is 5.92 Å².